The van der Waals surface area contributed by atoms with Crippen molar-refractivity contribution in [1.82, 2.24) is 14.0 Å². The molecule has 1 fully saturated rings. The van der Waals surface area contributed by atoms with Gasteiger partial charge in [-0.2, -0.15) is 13.2 Å². The average molecular weight is 535 g/mol. The number of carboxylic acid groups (broad SMARTS) is 1. The topological polar surface area (TPSA) is 114 Å². The summed E-state index contributed by atoms with van der Waals surface area (Å²) in [6.07, 6.45) is -4.15. The van der Waals surface area contributed by atoms with E-state index < -0.39 is 58.2 Å². The van der Waals surface area contributed by atoms with E-state index in [4.69, 9.17) is 16.7 Å². The summed E-state index contributed by atoms with van der Waals surface area (Å²) in [5, 5.41) is 7.71. The third-order valence-electron chi connectivity index (χ3n) is 4.78. The minimum absolute atomic E-state index is 0.00623. The first-order valence-corrected chi connectivity index (χ1v) is 10.8. The highest BCUT2D eigenvalue weighted by molar-refractivity contribution is 8.15. The lowest BCUT2D eigenvalue weighted by molar-refractivity contribution is -0.144. The second kappa shape index (κ2) is 9.70. The number of thioether (sulfide) groups is 1. The van der Waals surface area contributed by atoms with Gasteiger partial charge in [-0.15, -0.1) is 6.58 Å². The van der Waals surface area contributed by atoms with Gasteiger partial charge in [-0.05, 0) is 12.1 Å². The van der Waals surface area contributed by atoms with Crippen molar-refractivity contribution < 1.29 is 32.3 Å². The molecule has 0 radical (unpaired) electrons. The fourth-order valence-electron chi connectivity index (χ4n) is 3.19. The number of benzene rings is 1. The normalized spacial score (nSPS) is 17.3. The van der Waals surface area contributed by atoms with Crippen LogP contribution in [0.2, 0.25) is 5.02 Å². The number of rotatable bonds is 6. The molecule has 1 unspecified atom stereocenters. The van der Waals surface area contributed by atoms with Crippen LogP contribution < -0.4 is 11.2 Å². The number of carboxylic acids is 1. The molecule has 0 aliphatic carbocycles. The minimum Gasteiger partial charge on any atom is -0.481 e. The summed E-state index contributed by atoms with van der Waals surface area (Å²) in [6, 6.07) is 1.71. The summed E-state index contributed by atoms with van der Waals surface area (Å²) in [7, 11) is 0.770. The number of aliphatic carboxylic acids is 1. The third kappa shape index (κ3) is 5.17. The lowest BCUT2D eigenvalue weighted by atomic mass is 10.2. The zero-order valence-electron chi connectivity index (χ0n) is 17.7. The van der Waals surface area contributed by atoms with Crippen molar-refractivity contribution in [2.24, 2.45) is 12.0 Å². The Bertz CT molecular complexity index is 1390. The molecule has 9 nitrogen and oxygen atoms in total. The molecule has 2 aromatic rings. The quantitative estimate of drug-likeness (QED) is 0.450. The van der Waals surface area contributed by atoms with Gasteiger partial charge in [0.15, 0.2) is 5.17 Å². The molecule has 186 valence electrons. The number of carbonyl (C=O) groups excluding carboxylic acids is 1. The van der Waals surface area contributed by atoms with Gasteiger partial charge in [0.2, 0.25) is 5.91 Å². The van der Waals surface area contributed by atoms with Crippen molar-refractivity contribution in [3.05, 3.63) is 68.2 Å². The van der Waals surface area contributed by atoms with Gasteiger partial charge >= 0.3 is 17.8 Å². The Kier molecular flexibility index (Phi) is 7.26. The Balaban J connectivity index is 2.17. The number of carbonyl (C=O) groups is 2. The van der Waals surface area contributed by atoms with E-state index in [0.717, 1.165) is 29.8 Å². The fraction of sp³-hybridized carbons (Fsp3) is 0.250. The summed E-state index contributed by atoms with van der Waals surface area (Å²) >= 11 is 6.86. The molecule has 0 bridgehead atoms. The second-order valence-corrected chi connectivity index (χ2v) is 8.71. The van der Waals surface area contributed by atoms with E-state index in [9.17, 15) is 36.7 Å². The number of amidine groups is 1. The molecule has 1 aliphatic heterocycles. The smallest absolute Gasteiger partial charge is 0.431 e. The first-order chi connectivity index (χ1) is 16.3. The molecule has 1 amide bonds. The summed E-state index contributed by atoms with van der Waals surface area (Å²) < 4.78 is 54.4. The van der Waals surface area contributed by atoms with E-state index in [-0.39, 0.29) is 37.6 Å². The van der Waals surface area contributed by atoms with Gasteiger partial charge in [-0.3, -0.25) is 23.9 Å². The molecular weight excluding hydrogens is 520 g/mol. The van der Waals surface area contributed by atoms with Crippen molar-refractivity contribution >= 4 is 46.1 Å². The Morgan fingerprint density at radius 3 is 2.51 bits per heavy atom. The third-order valence-corrected chi connectivity index (χ3v) is 6.25. The Morgan fingerprint density at radius 2 is 1.94 bits per heavy atom. The summed E-state index contributed by atoms with van der Waals surface area (Å²) in [5.41, 5.74) is -5.38. The van der Waals surface area contributed by atoms with Crippen LogP contribution in [-0.2, 0) is 22.8 Å². The summed E-state index contributed by atoms with van der Waals surface area (Å²) in [4.78, 5) is 53.8. The van der Waals surface area contributed by atoms with Gasteiger partial charge in [0.1, 0.15) is 16.8 Å². The molecule has 1 atom stereocenters. The van der Waals surface area contributed by atoms with Gasteiger partial charge < -0.3 is 5.11 Å². The molecule has 1 N–H and O–H groups in total. The molecule has 1 aromatic heterocycles. The number of hydrogen-bond donors (Lipinski definition) is 1. The molecular formula is C20H15ClF4N4O5S. The maximum Gasteiger partial charge on any atom is 0.431 e. The molecule has 15 heteroatoms. The molecule has 1 saturated heterocycles. The first-order valence-electron chi connectivity index (χ1n) is 9.55. The predicted molar refractivity (Wildman–Crippen MR) is 120 cm³/mol. The van der Waals surface area contributed by atoms with Crippen LogP contribution in [0.1, 0.15) is 12.1 Å². The van der Waals surface area contributed by atoms with Gasteiger partial charge in [0.05, 0.1) is 22.8 Å². The van der Waals surface area contributed by atoms with E-state index in [1.807, 2.05) is 0 Å². The lowest BCUT2D eigenvalue weighted by Gasteiger charge is -2.16. The number of aromatic nitrogens is 2. The van der Waals surface area contributed by atoms with Crippen LogP contribution in [0.15, 0.2) is 45.4 Å². The van der Waals surface area contributed by atoms with Crippen LogP contribution in [0.3, 0.4) is 0 Å². The number of aliphatic imine (C=N–C) groups is 1. The first kappa shape index (κ1) is 26.2. The van der Waals surface area contributed by atoms with Crippen LogP contribution in [-0.4, -0.2) is 48.0 Å². The van der Waals surface area contributed by atoms with Crippen LogP contribution in [0.4, 0.5) is 23.2 Å². The predicted octanol–water partition coefficient (Wildman–Crippen LogP) is 2.94. The number of halogens is 5. The van der Waals surface area contributed by atoms with E-state index in [2.05, 4.69) is 11.6 Å². The Morgan fingerprint density at radius 1 is 1.29 bits per heavy atom. The van der Waals surface area contributed by atoms with Gasteiger partial charge in [-0.1, -0.05) is 29.4 Å². The second-order valence-electron chi connectivity index (χ2n) is 7.13. The highest BCUT2D eigenvalue weighted by Crippen LogP contribution is 2.35. The van der Waals surface area contributed by atoms with Crippen LogP contribution in [0.5, 0.6) is 0 Å². The largest absolute Gasteiger partial charge is 0.481 e. The number of amides is 1. The van der Waals surface area contributed by atoms with Crippen LogP contribution in [0, 0.1) is 5.82 Å². The van der Waals surface area contributed by atoms with E-state index >= 15 is 0 Å². The molecule has 2 heterocycles. The zero-order chi connectivity index (χ0) is 26.2. The number of hydrogen-bond acceptors (Lipinski definition) is 6. The summed E-state index contributed by atoms with van der Waals surface area (Å²) in [5.74, 6) is -2.99. The van der Waals surface area contributed by atoms with Gasteiger partial charge in [0, 0.05) is 19.7 Å². The van der Waals surface area contributed by atoms with Gasteiger partial charge in [0.25, 0.3) is 5.56 Å². The molecule has 3 rings (SSSR count). The molecule has 1 aliphatic rings. The van der Waals surface area contributed by atoms with Crippen molar-refractivity contribution in [3.63, 3.8) is 0 Å². The number of alkyl halides is 3. The van der Waals surface area contributed by atoms with E-state index in [1.165, 1.54) is 6.08 Å². The van der Waals surface area contributed by atoms with Gasteiger partial charge in [-0.25, -0.2) is 18.7 Å². The highest BCUT2D eigenvalue weighted by atomic mass is 35.5. The monoisotopic (exact) mass is 534 g/mol. The Labute approximate surface area is 202 Å². The molecule has 35 heavy (non-hydrogen) atoms. The standard InChI is InChI=1S/C20H15ClF4N4O5S/c1-3-4-28-17(33)13(7-16(31)32)35-18(28)26-11-6-12(10(22)5-9(11)21)29-15(30)8-14(20(23,24)25)27(2)19(29)34/h3,5-6,8,13H,1,4,7H2,2H3,(H,31,32). The van der Waals surface area contributed by atoms with Crippen molar-refractivity contribution in [3.8, 4) is 5.69 Å². The maximum atomic E-state index is 14.7. The molecule has 0 spiro atoms. The summed E-state index contributed by atoms with van der Waals surface area (Å²) in [6.45, 7) is 3.48. The van der Waals surface area contributed by atoms with Crippen molar-refractivity contribution in [2.45, 2.75) is 17.8 Å². The average Bonchev–Trinajstić information content (AvgIpc) is 3.01. The minimum atomic E-state index is -5.00. The van der Waals surface area contributed by atoms with Crippen LogP contribution in [0.25, 0.3) is 5.69 Å². The number of nitrogens with zero attached hydrogens (tertiary/aromatic N) is 4. The molecule has 0 saturated carbocycles. The van der Waals surface area contributed by atoms with Crippen molar-refractivity contribution in [1.29, 1.82) is 0 Å². The zero-order valence-corrected chi connectivity index (χ0v) is 19.2. The Hall–Kier alpha value is -3.39. The maximum absolute atomic E-state index is 14.7. The van der Waals surface area contributed by atoms with E-state index in [1.54, 1.807) is 0 Å². The highest BCUT2D eigenvalue weighted by Gasteiger charge is 2.39. The van der Waals surface area contributed by atoms with E-state index in [0.29, 0.717) is 6.07 Å². The van der Waals surface area contributed by atoms with Crippen molar-refractivity contribution in [2.75, 3.05) is 6.54 Å². The molecule has 1 aromatic carbocycles. The van der Waals surface area contributed by atoms with Crippen LogP contribution >= 0.6 is 23.4 Å². The SMILES string of the molecule is C=CCN1C(=O)C(CC(=O)O)SC1=Nc1cc(-n2c(=O)cc(C(F)(F)F)n(C)c2=O)c(F)cc1Cl. The lowest BCUT2D eigenvalue weighted by Crippen LogP contribution is -2.41. The fourth-order valence-corrected chi connectivity index (χ4v) is 4.53.